The Morgan fingerprint density at radius 1 is 0.955 bits per heavy atom. The van der Waals surface area contributed by atoms with Gasteiger partial charge in [-0.15, -0.1) is 0 Å². The average molecular weight is 329 g/mol. The molecule has 0 aromatic carbocycles. The Bertz CT molecular complexity index is 446. The van der Waals surface area contributed by atoms with Gasteiger partial charge in [-0.3, -0.25) is 4.90 Å². The summed E-state index contributed by atoms with van der Waals surface area (Å²) in [5.41, 5.74) is 0. The van der Waals surface area contributed by atoms with E-state index in [-0.39, 0.29) is 6.04 Å². The molecule has 22 heavy (non-hydrogen) atoms. The topological polar surface area (TPSA) is 49.4 Å². The lowest BCUT2D eigenvalue weighted by Gasteiger charge is -2.32. The van der Waals surface area contributed by atoms with Crippen molar-refractivity contribution in [3.63, 3.8) is 0 Å². The molecular weight excluding hydrogens is 296 g/mol. The Balaban J connectivity index is 1.44. The van der Waals surface area contributed by atoms with Gasteiger partial charge in [0.15, 0.2) is 9.84 Å². The molecule has 0 spiro atoms. The molecular formula is C17H32N2O2S. The van der Waals surface area contributed by atoms with Crippen LogP contribution in [0.25, 0.3) is 0 Å². The Labute approximate surface area is 135 Å². The van der Waals surface area contributed by atoms with E-state index >= 15 is 0 Å². The smallest absolute Gasteiger partial charge is 0.151 e. The Kier molecular flexibility index (Phi) is 5.80. The van der Waals surface area contributed by atoms with Gasteiger partial charge in [0.25, 0.3) is 0 Å². The van der Waals surface area contributed by atoms with Gasteiger partial charge in [0, 0.05) is 25.2 Å². The van der Waals surface area contributed by atoms with Crippen LogP contribution in [0.5, 0.6) is 0 Å². The van der Waals surface area contributed by atoms with E-state index in [4.69, 9.17) is 0 Å². The molecule has 0 radical (unpaired) electrons. The molecule has 2 atom stereocenters. The minimum Gasteiger partial charge on any atom is -0.311 e. The second-order valence-electron chi connectivity index (χ2n) is 7.66. The number of nitrogens with zero attached hydrogens (tertiary/aromatic N) is 1. The quantitative estimate of drug-likeness (QED) is 0.840. The maximum absolute atomic E-state index is 11.7. The normalized spacial score (nSPS) is 34.0. The van der Waals surface area contributed by atoms with Crippen LogP contribution >= 0.6 is 0 Å². The molecule has 2 aliphatic heterocycles. The van der Waals surface area contributed by atoms with E-state index < -0.39 is 9.84 Å². The number of likely N-dealkylation sites (tertiary alicyclic amines) is 1. The van der Waals surface area contributed by atoms with Crippen molar-refractivity contribution in [1.82, 2.24) is 10.2 Å². The highest BCUT2D eigenvalue weighted by molar-refractivity contribution is 7.91. The summed E-state index contributed by atoms with van der Waals surface area (Å²) >= 11 is 0. The van der Waals surface area contributed by atoms with Crippen molar-refractivity contribution < 1.29 is 8.42 Å². The van der Waals surface area contributed by atoms with Crippen LogP contribution in [0, 0.1) is 5.92 Å². The molecule has 0 unspecified atom stereocenters. The first-order valence-corrected chi connectivity index (χ1v) is 11.1. The minimum absolute atomic E-state index is 0.191. The summed E-state index contributed by atoms with van der Waals surface area (Å²) < 4.78 is 23.5. The van der Waals surface area contributed by atoms with Crippen molar-refractivity contribution in [2.75, 3.05) is 31.1 Å². The molecule has 1 aliphatic carbocycles. The van der Waals surface area contributed by atoms with E-state index in [0.29, 0.717) is 17.5 Å². The van der Waals surface area contributed by atoms with E-state index in [1.807, 2.05) is 0 Å². The molecule has 0 amide bonds. The van der Waals surface area contributed by atoms with Crippen LogP contribution in [-0.2, 0) is 9.84 Å². The summed E-state index contributed by atoms with van der Waals surface area (Å²) in [6.07, 6.45) is 11.5. The first-order chi connectivity index (χ1) is 10.6. The minimum atomic E-state index is -2.79. The third-order valence-corrected chi connectivity index (χ3v) is 7.64. The molecule has 4 nitrogen and oxygen atoms in total. The third kappa shape index (κ3) is 4.68. The van der Waals surface area contributed by atoms with Gasteiger partial charge in [0.1, 0.15) is 0 Å². The maximum atomic E-state index is 11.7. The first-order valence-electron chi connectivity index (χ1n) is 9.30. The Morgan fingerprint density at radius 2 is 1.77 bits per heavy atom. The van der Waals surface area contributed by atoms with Gasteiger partial charge in [-0.25, -0.2) is 8.42 Å². The standard InChI is InChI=1S/C17H32N2O2S/c20-22(21)11-5-8-16(14-22)18-12-17-9-4-10-19(17)13-15-6-2-1-3-7-15/h15-18H,1-14H2/t16-,17+/m1/s1. The molecule has 0 aromatic heterocycles. The average Bonchev–Trinajstić information content (AvgIpc) is 2.92. The third-order valence-electron chi connectivity index (χ3n) is 5.82. The Hall–Kier alpha value is -0.130. The molecule has 5 heteroatoms. The predicted octanol–water partition coefficient (Wildman–Crippen LogP) is 2.20. The Morgan fingerprint density at radius 3 is 2.55 bits per heavy atom. The van der Waals surface area contributed by atoms with E-state index in [0.717, 1.165) is 25.3 Å². The van der Waals surface area contributed by atoms with Gasteiger partial charge in [0.05, 0.1) is 11.5 Å². The molecule has 3 rings (SSSR count). The van der Waals surface area contributed by atoms with Gasteiger partial charge in [0.2, 0.25) is 0 Å². The van der Waals surface area contributed by atoms with Crippen molar-refractivity contribution in [2.24, 2.45) is 5.92 Å². The van der Waals surface area contributed by atoms with Gasteiger partial charge in [-0.05, 0) is 51.0 Å². The van der Waals surface area contributed by atoms with E-state index in [1.165, 1.54) is 58.0 Å². The second-order valence-corrected chi connectivity index (χ2v) is 9.89. The van der Waals surface area contributed by atoms with Gasteiger partial charge in [-0.1, -0.05) is 19.3 Å². The molecule has 128 valence electrons. The van der Waals surface area contributed by atoms with E-state index in [2.05, 4.69) is 10.2 Å². The monoisotopic (exact) mass is 328 g/mol. The number of nitrogens with one attached hydrogen (secondary N) is 1. The number of hydrogen-bond donors (Lipinski definition) is 1. The highest BCUT2D eigenvalue weighted by Crippen LogP contribution is 2.27. The highest BCUT2D eigenvalue weighted by atomic mass is 32.2. The van der Waals surface area contributed by atoms with Gasteiger partial charge < -0.3 is 5.32 Å². The molecule has 2 saturated heterocycles. The van der Waals surface area contributed by atoms with Crippen LogP contribution in [0.4, 0.5) is 0 Å². The van der Waals surface area contributed by atoms with Gasteiger partial charge >= 0.3 is 0 Å². The lowest BCUT2D eigenvalue weighted by Crippen LogP contribution is -2.47. The number of sulfone groups is 1. The number of hydrogen-bond acceptors (Lipinski definition) is 4. The van der Waals surface area contributed by atoms with Crippen molar-refractivity contribution in [3.8, 4) is 0 Å². The van der Waals surface area contributed by atoms with Crippen LogP contribution in [0.15, 0.2) is 0 Å². The highest BCUT2D eigenvalue weighted by Gasteiger charge is 2.29. The summed E-state index contributed by atoms with van der Waals surface area (Å²) in [6.45, 7) is 3.49. The summed E-state index contributed by atoms with van der Waals surface area (Å²) in [5.74, 6) is 1.65. The summed E-state index contributed by atoms with van der Waals surface area (Å²) in [4.78, 5) is 2.68. The zero-order valence-corrected chi connectivity index (χ0v) is 14.6. The second kappa shape index (κ2) is 7.63. The summed E-state index contributed by atoms with van der Waals surface area (Å²) in [7, 11) is -2.79. The maximum Gasteiger partial charge on any atom is 0.151 e. The van der Waals surface area contributed by atoms with Crippen LogP contribution in [0.2, 0.25) is 0 Å². The fraction of sp³-hybridized carbons (Fsp3) is 1.00. The zero-order valence-electron chi connectivity index (χ0n) is 13.8. The van der Waals surface area contributed by atoms with Crippen LogP contribution in [-0.4, -0.2) is 56.5 Å². The molecule has 3 aliphatic rings. The van der Waals surface area contributed by atoms with E-state index in [1.54, 1.807) is 0 Å². The molecule has 0 bridgehead atoms. The van der Waals surface area contributed by atoms with Crippen LogP contribution < -0.4 is 5.32 Å². The fourth-order valence-electron chi connectivity index (χ4n) is 4.55. The van der Waals surface area contributed by atoms with Gasteiger partial charge in [-0.2, -0.15) is 0 Å². The molecule has 0 aromatic rings. The fourth-order valence-corrected chi connectivity index (χ4v) is 6.23. The van der Waals surface area contributed by atoms with Crippen molar-refractivity contribution in [3.05, 3.63) is 0 Å². The zero-order chi connectivity index (χ0) is 15.4. The van der Waals surface area contributed by atoms with Crippen molar-refractivity contribution in [1.29, 1.82) is 0 Å². The summed E-state index contributed by atoms with van der Waals surface area (Å²) in [6, 6.07) is 0.822. The predicted molar refractivity (Wildman–Crippen MR) is 90.8 cm³/mol. The lowest BCUT2D eigenvalue weighted by molar-refractivity contribution is 0.182. The van der Waals surface area contributed by atoms with Crippen LogP contribution in [0.3, 0.4) is 0 Å². The molecule has 2 heterocycles. The van der Waals surface area contributed by atoms with Crippen molar-refractivity contribution >= 4 is 9.84 Å². The number of rotatable bonds is 5. The largest absolute Gasteiger partial charge is 0.311 e. The molecule has 3 fully saturated rings. The SMILES string of the molecule is O=S1(=O)CCC[C@@H](NC[C@@H]2CCCN2CC2CCCCC2)C1. The first kappa shape index (κ1) is 16.7. The molecule has 1 N–H and O–H groups in total. The van der Waals surface area contributed by atoms with Crippen molar-refractivity contribution in [2.45, 2.75) is 69.9 Å². The lowest BCUT2D eigenvalue weighted by atomic mass is 9.89. The van der Waals surface area contributed by atoms with E-state index in [9.17, 15) is 8.42 Å². The molecule has 1 saturated carbocycles. The summed E-state index contributed by atoms with van der Waals surface area (Å²) in [5, 5.41) is 3.57. The van der Waals surface area contributed by atoms with Crippen LogP contribution in [0.1, 0.15) is 57.8 Å².